The van der Waals surface area contributed by atoms with E-state index in [1.165, 1.54) is 6.42 Å². The topological polar surface area (TPSA) is 52.3 Å². The minimum absolute atomic E-state index is 0.0181. The molecule has 0 heterocycles. The molecule has 4 heteroatoms. The predicted octanol–water partition coefficient (Wildman–Crippen LogP) is 2.80. The summed E-state index contributed by atoms with van der Waals surface area (Å²) in [5, 5.41) is 0.500. The molecule has 1 aliphatic carbocycles. The van der Waals surface area contributed by atoms with Gasteiger partial charge in [-0.05, 0) is 44.0 Å². The van der Waals surface area contributed by atoms with Crippen LogP contribution >= 0.6 is 11.6 Å². The van der Waals surface area contributed by atoms with E-state index in [2.05, 4.69) is 0 Å². The Hall–Kier alpha value is -1.06. The first-order valence-corrected chi connectivity index (χ1v) is 6.28. The summed E-state index contributed by atoms with van der Waals surface area (Å²) in [4.78, 5) is 11.6. The summed E-state index contributed by atoms with van der Waals surface area (Å²) >= 11 is 6.09. The Bertz CT molecular complexity index is 416. The van der Waals surface area contributed by atoms with E-state index in [0.29, 0.717) is 29.3 Å². The fraction of sp³-hybridized carbons (Fsp3) is 0.462. The van der Waals surface area contributed by atoms with Crippen molar-refractivity contribution in [2.75, 3.05) is 6.54 Å². The minimum Gasteiger partial charge on any atom is -0.489 e. The normalized spacial score (nSPS) is 15.4. The van der Waals surface area contributed by atoms with Crippen molar-refractivity contribution in [3.63, 3.8) is 0 Å². The second-order valence-electron chi connectivity index (χ2n) is 4.28. The molecule has 0 bridgehead atoms. The van der Waals surface area contributed by atoms with Gasteiger partial charge in [-0.1, -0.05) is 11.6 Å². The highest BCUT2D eigenvalue weighted by molar-refractivity contribution is 6.32. The van der Waals surface area contributed by atoms with E-state index in [4.69, 9.17) is 22.1 Å². The van der Waals surface area contributed by atoms with Crippen LogP contribution in [-0.4, -0.2) is 18.4 Å². The molecular weight excluding hydrogens is 238 g/mol. The molecule has 1 aromatic rings. The Morgan fingerprint density at radius 1 is 1.47 bits per heavy atom. The van der Waals surface area contributed by atoms with Crippen LogP contribution in [0.1, 0.15) is 36.0 Å². The lowest BCUT2D eigenvalue weighted by Crippen LogP contribution is -2.24. The van der Waals surface area contributed by atoms with Crippen LogP contribution in [0.15, 0.2) is 18.2 Å². The molecule has 0 saturated heterocycles. The third-order valence-corrected chi connectivity index (χ3v) is 3.27. The SMILES string of the molecule is NCCC(=O)c1ccc(OC2CCC2)c(Cl)c1. The first-order valence-electron chi connectivity index (χ1n) is 5.90. The smallest absolute Gasteiger partial charge is 0.164 e. The molecule has 17 heavy (non-hydrogen) atoms. The van der Waals surface area contributed by atoms with Crippen LogP contribution in [0.4, 0.5) is 0 Å². The van der Waals surface area contributed by atoms with Crippen LogP contribution < -0.4 is 10.5 Å². The lowest BCUT2D eigenvalue weighted by Gasteiger charge is -2.26. The Morgan fingerprint density at radius 2 is 2.24 bits per heavy atom. The summed E-state index contributed by atoms with van der Waals surface area (Å²) in [6, 6.07) is 5.18. The molecule has 92 valence electrons. The van der Waals surface area contributed by atoms with E-state index in [1.807, 2.05) is 0 Å². The molecule has 0 aliphatic heterocycles. The zero-order chi connectivity index (χ0) is 12.3. The largest absolute Gasteiger partial charge is 0.489 e. The van der Waals surface area contributed by atoms with Crippen LogP contribution in [0.25, 0.3) is 0 Å². The number of benzene rings is 1. The van der Waals surface area contributed by atoms with Crippen molar-refractivity contribution in [1.82, 2.24) is 0 Å². The van der Waals surface area contributed by atoms with E-state index in [0.717, 1.165) is 12.8 Å². The van der Waals surface area contributed by atoms with Crippen molar-refractivity contribution in [3.05, 3.63) is 28.8 Å². The Labute approximate surface area is 106 Å². The Kier molecular flexibility index (Phi) is 4.02. The summed E-state index contributed by atoms with van der Waals surface area (Å²) < 4.78 is 5.71. The predicted molar refractivity (Wildman–Crippen MR) is 67.7 cm³/mol. The molecule has 2 N–H and O–H groups in total. The molecule has 0 unspecified atom stereocenters. The standard InChI is InChI=1S/C13H16ClNO2/c14-11-8-9(12(16)6-7-15)4-5-13(11)17-10-2-1-3-10/h4-5,8,10H,1-3,6-7,15H2. The van der Waals surface area contributed by atoms with Gasteiger partial charge in [0.25, 0.3) is 0 Å². The number of Topliss-reactive ketones (excluding diaryl/α,β-unsaturated/α-hetero) is 1. The van der Waals surface area contributed by atoms with E-state index in [9.17, 15) is 4.79 Å². The van der Waals surface area contributed by atoms with Crippen molar-refractivity contribution in [2.45, 2.75) is 31.8 Å². The summed E-state index contributed by atoms with van der Waals surface area (Å²) in [5.74, 6) is 0.685. The van der Waals surface area contributed by atoms with Crippen LogP contribution in [0.2, 0.25) is 5.02 Å². The van der Waals surface area contributed by atoms with Gasteiger partial charge >= 0.3 is 0 Å². The second kappa shape index (κ2) is 5.52. The van der Waals surface area contributed by atoms with Gasteiger partial charge in [0.05, 0.1) is 11.1 Å². The van der Waals surface area contributed by atoms with Crippen LogP contribution in [0.3, 0.4) is 0 Å². The number of hydrogen-bond donors (Lipinski definition) is 1. The first-order chi connectivity index (χ1) is 8.20. The third kappa shape index (κ3) is 2.99. The zero-order valence-corrected chi connectivity index (χ0v) is 10.4. The molecule has 0 aromatic heterocycles. The molecule has 0 radical (unpaired) electrons. The maximum atomic E-state index is 11.6. The summed E-state index contributed by atoms with van der Waals surface area (Å²) in [5.41, 5.74) is 5.95. The average Bonchev–Trinajstić information content (AvgIpc) is 2.25. The molecule has 3 nitrogen and oxygen atoms in total. The van der Waals surface area contributed by atoms with Gasteiger partial charge in [-0.15, -0.1) is 0 Å². The monoisotopic (exact) mass is 253 g/mol. The van der Waals surface area contributed by atoms with E-state index >= 15 is 0 Å². The number of nitrogens with two attached hydrogens (primary N) is 1. The van der Waals surface area contributed by atoms with E-state index < -0.39 is 0 Å². The van der Waals surface area contributed by atoms with Crippen LogP contribution in [-0.2, 0) is 0 Å². The molecule has 1 aliphatic rings. The molecule has 2 rings (SSSR count). The maximum absolute atomic E-state index is 11.6. The highest BCUT2D eigenvalue weighted by Crippen LogP contribution is 2.31. The summed E-state index contributed by atoms with van der Waals surface area (Å²) in [6.07, 6.45) is 4.03. The number of carbonyl (C=O) groups excluding carboxylic acids is 1. The van der Waals surface area contributed by atoms with Crippen LogP contribution in [0, 0.1) is 0 Å². The van der Waals surface area contributed by atoms with Gasteiger partial charge in [-0.25, -0.2) is 0 Å². The molecular formula is C13H16ClNO2. The maximum Gasteiger partial charge on any atom is 0.164 e. The average molecular weight is 254 g/mol. The van der Waals surface area contributed by atoms with Crippen molar-refractivity contribution < 1.29 is 9.53 Å². The summed E-state index contributed by atoms with van der Waals surface area (Å²) in [7, 11) is 0. The number of halogens is 1. The lowest BCUT2D eigenvalue weighted by atomic mass is 9.96. The number of ketones is 1. The number of hydrogen-bond acceptors (Lipinski definition) is 3. The van der Waals surface area contributed by atoms with Crippen molar-refractivity contribution >= 4 is 17.4 Å². The van der Waals surface area contributed by atoms with Gasteiger partial charge in [0.2, 0.25) is 0 Å². The first kappa shape index (κ1) is 12.4. The molecule has 1 aromatic carbocycles. The second-order valence-corrected chi connectivity index (χ2v) is 4.69. The van der Waals surface area contributed by atoms with Gasteiger partial charge in [0, 0.05) is 12.0 Å². The highest BCUT2D eigenvalue weighted by Gasteiger charge is 2.20. The van der Waals surface area contributed by atoms with Crippen LogP contribution in [0.5, 0.6) is 5.75 Å². The zero-order valence-electron chi connectivity index (χ0n) is 9.62. The van der Waals surface area contributed by atoms with Gasteiger partial charge < -0.3 is 10.5 Å². The molecule has 1 saturated carbocycles. The highest BCUT2D eigenvalue weighted by atomic mass is 35.5. The van der Waals surface area contributed by atoms with Gasteiger partial charge in [-0.3, -0.25) is 4.79 Å². The number of ether oxygens (including phenoxy) is 1. The molecule has 1 fully saturated rings. The number of rotatable bonds is 5. The van der Waals surface area contributed by atoms with Gasteiger partial charge in [0.15, 0.2) is 5.78 Å². The van der Waals surface area contributed by atoms with E-state index in [1.54, 1.807) is 18.2 Å². The minimum atomic E-state index is 0.0181. The molecule has 0 amide bonds. The van der Waals surface area contributed by atoms with Gasteiger partial charge in [0.1, 0.15) is 5.75 Å². The lowest BCUT2D eigenvalue weighted by molar-refractivity contribution is 0.0985. The third-order valence-electron chi connectivity index (χ3n) is 2.97. The molecule has 0 spiro atoms. The Balaban J connectivity index is 2.07. The van der Waals surface area contributed by atoms with Crippen molar-refractivity contribution in [3.8, 4) is 5.75 Å². The van der Waals surface area contributed by atoms with E-state index in [-0.39, 0.29) is 11.9 Å². The number of carbonyl (C=O) groups is 1. The Morgan fingerprint density at radius 3 is 2.76 bits per heavy atom. The van der Waals surface area contributed by atoms with Crippen molar-refractivity contribution in [2.24, 2.45) is 5.73 Å². The fourth-order valence-corrected chi connectivity index (χ4v) is 1.94. The van der Waals surface area contributed by atoms with Gasteiger partial charge in [-0.2, -0.15) is 0 Å². The molecule has 0 atom stereocenters. The van der Waals surface area contributed by atoms with Crippen molar-refractivity contribution in [1.29, 1.82) is 0 Å². The fourth-order valence-electron chi connectivity index (χ4n) is 1.71. The quantitative estimate of drug-likeness (QED) is 0.821. The summed E-state index contributed by atoms with van der Waals surface area (Å²) in [6.45, 7) is 0.358.